The number of hydrogen-bond donors (Lipinski definition) is 1. The first kappa shape index (κ1) is 11.8. The van der Waals surface area contributed by atoms with E-state index < -0.39 is 0 Å². The normalized spacial score (nSPS) is 10.8. The molecule has 1 N–H and O–H groups in total. The van der Waals surface area contributed by atoms with Gasteiger partial charge in [-0.2, -0.15) is 0 Å². The minimum Gasteiger partial charge on any atom is -0.507 e. The van der Waals surface area contributed by atoms with Crippen LogP contribution >= 0.6 is 0 Å². The summed E-state index contributed by atoms with van der Waals surface area (Å²) >= 11 is 0. The molecule has 0 aliphatic rings. The Labute approximate surface area is 113 Å². The average Bonchev–Trinajstić information content (AvgIpc) is 2.42. The summed E-state index contributed by atoms with van der Waals surface area (Å²) in [4.78, 5) is 0. The van der Waals surface area contributed by atoms with Gasteiger partial charge in [0, 0.05) is 5.56 Å². The molecule has 3 aromatic carbocycles. The lowest BCUT2D eigenvalue weighted by Crippen LogP contribution is -1.90. The largest absolute Gasteiger partial charge is 0.507 e. The zero-order valence-electron chi connectivity index (χ0n) is 11.1. The molecule has 3 aromatic rings. The van der Waals surface area contributed by atoms with Gasteiger partial charge in [-0.15, -0.1) is 0 Å². The summed E-state index contributed by atoms with van der Waals surface area (Å²) in [6, 6.07) is 18.1. The van der Waals surface area contributed by atoms with Crippen LogP contribution in [0.15, 0.2) is 54.6 Å². The molecule has 0 saturated heterocycles. The lowest BCUT2D eigenvalue weighted by molar-refractivity contribution is 0.477. The molecule has 0 aromatic heterocycles. The van der Waals surface area contributed by atoms with E-state index >= 15 is 0 Å². The van der Waals surface area contributed by atoms with Crippen molar-refractivity contribution in [1.29, 1.82) is 0 Å². The van der Waals surface area contributed by atoms with Crippen LogP contribution < -0.4 is 0 Å². The first-order chi connectivity index (χ1) is 9.18. The van der Waals surface area contributed by atoms with Crippen molar-refractivity contribution in [2.24, 2.45) is 0 Å². The molecule has 1 nitrogen and oxygen atoms in total. The fourth-order valence-corrected chi connectivity index (χ4v) is 2.62. The number of phenols is 1. The molecule has 0 radical (unpaired) electrons. The smallest absolute Gasteiger partial charge is 0.123 e. The van der Waals surface area contributed by atoms with Crippen molar-refractivity contribution >= 4 is 10.8 Å². The summed E-state index contributed by atoms with van der Waals surface area (Å²) in [5, 5.41) is 12.5. The SMILES string of the molecule is Cc1cc2ccccc2c(-c2ccccc2O)c1C. The summed E-state index contributed by atoms with van der Waals surface area (Å²) in [6.45, 7) is 4.23. The van der Waals surface area contributed by atoms with Crippen molar-refractivity contribution in [1.82, 2.24) is 0 Å². The van der Waals surface area contributed by atoms with Gasteiger partial charge in [0.15, 0.2) is 0 Å². The highest BCUT2D eigenvalue weighted by Gasteiger charge is 2.12. The quantitative estimate of drug-likeness (QED) is 0.654. The molecule has 0 unspecified atom stereocenters. The van der Waals surface area contributed by atoms with E-state index in [0.29, 0.717) is 5.75 Å². The van der Waals surface area contributed by atoms with E-state index in [1.165, 1.54) is 21.9 Å². The van der Waals surface area contributed by atoms with Crippen LogP contribution in [-0.2, 0) is 0 Å². The molecular weight excluding hydrogens is 232 g/mol. The maximum absolute atomic E-state index is 10.1. The zero-order chi connectivity index (χ0) is 13.4. The first-order valence-corrected chi connectivity index (χ1v) is 6.46. The van der Waals surface area contributed by atoms with Gasteiger partial charge < -0.3 is 5.11 Å². The van der Waals surface area contributed by atoms with Crippen molar-refractivity contribution in [3.8, 4) is 16.9 Å². The van der Waals surface area contributed by atoms with E-state index in [1.54, 1.807) is 6.07 Å². The van der Waals surface area contributed by atoms with Gasteiger partial charge in [-0.25, -0.2) is 0 Å². The van der Waals surface area contributed by atoms with Crippen molar-refractivity contribution in [3.05, 3.63) is 65.7 Å². The van der Waals surface area contributed by atoms with Crippen LogP contribution in [0.1, 0.15) is 11.1 Å². The molecule has 0 aliphatic carbocycles. The topological polar surface area (TPSA) is 20.2 Å². The lowest BCUT2D eigenvalue weighted by atomic mass is 9.90. The van der Waals surface area contributed by atoms with Crippen LogP contribution in [0.3, 0.4) is 0 Å². The van der Waals surface area contributed by atoms with Crippen LogP contribution in [0.5, 0.6) is 5.75 Å². The van der Waals surface area contributed by atoms with Crippen molar-refractivity contribution in [2.45, 2.75) is 13.8 Å². The molecule has 0 fully saturated rings. The first-order valence-electron chi connectivity index (χ1n) is 6.46. The van der Waals surface area contributed by atoms with E-state index in [4.69, 9.17) is 0 Å². The fraction of sp³-hybridized carbons (Fsp3) is 0.111. The number of aryl methyl sites for hydroxylation is 1. The Hall–Kier alpha value is -2.28. The molecule has 0 saturated carbocycles. The highest BCUT2D eigenvalue weighted by molar-refractivity contribution is 6.00. The Morgan fingerprint density at radius 2 is 1.53 bits per heavy atom. The third kappa shape index (κ3) is 1.88. The Morgan fingerprint density at radius 1 is 0.842 bits per heavy atom. The minimum absolute atomic E-state index is 0.335. The summed E-state index contributed by atoms with van der Waals surface area (Å²) in [7, 11) is 0. The van der Waals surface area contributed by atoms with Gasteiger partial charge in [0.1, 0.15) is 5.75 Å². The molecule has 0 aliphatic heterocycles. The molecule has 1 heteroatoms. The van der Waals surface area contributed by atoms with E-state index in [-0.39, 0.29) is 0 Å². The molecule has 0 amide bonds. The predicted molar refractivity (Wildman–Crippen MR) is 80.5 cm³/mol. The molecule has 94 valence electrons. The number of aromatic hydroxyl groups is 1. The third-order valence-corrected chi connectivity index (χ3v) is 3.74. The summed E-state index contributed by atoms with van der Waals surface area (Å²) in [5.74, 6) is 0.335. The lowest BCUT2D eigenvalue weighted by Gasteiger charge is -2.14. The molecule has 0 spiro atoms. The van der Waals surface area contributed by atoms with E-state index in [1.807, 2.05) is 30.3 Å². The molecular formula is C18H16O. The summed E-state index contributed by atoms with van der Waals surface area (Å²) in [5.41, 5.74) is 4.51. The molecule has 0 bridgehead atoms. The Morgan fingerprint density at radius 3 is 2.32 bits per heavy atom. The van der Waals surface area contributed by atoms with Gasteiger partial charge in [-0.05, 0) is 47.4 Å². The second-order valence-electron chi connectivity index (χ2n) is 4.93. The van der Waals surface area contributed by atoms with Gasteiger partial charge in [-0.3, -0.25) is 0 Å². The van der Waals surface area contributed by atoms with Crippen LogP contribution in [0.2, 0.25) is 0 Å². The van der Waals surface area contributed by atoms with E-state index in [2.05, 4.69) is 32.0 Å². The van der Waals surface area contributed by atoms with Gasteiger partial charge in [0.25, 0.3) is 0 Å². The van der Waals surface area contributed by atoms with Crippen molar-refractivity contribution < 1.29 is 5.11 Å². The third-order valence-electron chi connectivity index (χ3n) is 3.74. The zero-order valence-corrected chi connectivity index (χ0v) is 11.1. The number of para-hydroxylation sites is 1. The van der Waals surface area contributed by atoms with Gasteiger partial charge in [-0.1, -0.05) is 48.5 Å². The van der Waals surface area contributed by atoms with Crippen LogP contribution in [0.4, 0.5) is 0 Å². The van der Waals surface area contributed by atoms with Gasteiger partial charge >= 0.3 is 0 Å². The monoisotopic (exact) mass is 248 g/mol. The number of fused-ring (bicyclic) bond motifs is 1. The molecule has 0 heterocycles. The second kappa shape index (κ2) is 4.43. The highest BCUT2D eigenvalue weighted by atomic mass is 16.3. The number of benzene rings is 3. The minimum atomic E-state index is 0.335. The highest BCUT2D eigenvalue weighted by Crippen LogP contribution is 2.38. The Kier molecular flexibility index (Phi) is 2.75. The summed E-state index contributed by atoms with van der Waals surface area (Å²) < 4.78 is 0. The number of rotatable bonds is 1. The number of hydrogen-bond acceptors (Lipinski definition) is 1. The molecule has 0 atom stereocenters. The molecule has 19 heavy (non-hydrogen) atoms. The fourth-order valence-electron chi connectivity index (χ4n) is 2.62. The standard InChI is InChI=1S/C18H16O/c1-12-11-14-7-3-4-8-15(14)18(13(12)2)16-9-5-6-10-17(16)19/h3-11,19H,1-2H3. The maximum Gasteiger partial charge on any atom is 0.123 e. The van der Waals surface area contributed by atoms with Crippen LogP contribution in [-0.4, -0.2) is 5.11 Å². The Balaban J connectivity index is 2.46. The number of phenolic OH excluding ortho intramolecular Hbond substituents is 1. The van der Waals surface area contributed by atoms with Crippen LogP contribution in [0.25, 0.3) is 21.9 Å². The summed E-state index contributed by atoms with van der Waals surface area (Å²) in [6.07, 6.45) is 0. The van der Waals surface area contributed by atoms with Gasteiger partial charge in [0.05, 0.1) is 0 Å². The average molecular weight is 248 g/mol. The van der Waals surface area contributed by atoms with Crippen molar-refractivity contribution in [3.63, 3.8) is 0 Å². The van der Waals surface area contributed by atoms with E-state index in [0.717, 1.165) is 11.1 Å². The van der Waals surface area contributed by atoms with E-state index in [9.17, 15) is 5.11 Å². The van der Waals surface area contributed by atoms with Crippen molar-refractivity contribution in [2.75, 3.05) is 0 Å². The second-order valence-corrected chi connectivity index (χ2v) is 4.93. The maximum atomic E-state index is 10.1. The Bertz CT molecular complexity index is 757. The predicted octanol–water partition coefficient (Wildman–Crippen LogP) is 4.83. The van der Waals surface area contributed by atoms with Crippen LogP contribution in [0, 0.1) is 13.8 Å². The van der Waals surface area contributed by atoms with Gasteiger partial charge in [0.2, 0.25) is 0 Å². The molecule has 3 rings (SSSR count).